The monoisotopic (exact) mass is 231 g/mol. The van der Waals surface area contributed by atoms with Crippen molar-refractivity contribution < 1.29 is 4.79 Å². The Morgan fingerprint density at radius 2 is 2.24 bits per heavy atom. The highest BCUT2D eigenvalue weighted by Crippen LogP contribution is 2.35. The summed E-state index contributed by atoms with van der Waals surface area (Å²) in [6.07, 6.45) is 5.98. The van der Waals surface area contributed by atoms with E-state index < -0.39 is 0 Å². The molecule has 2 N–H and O–H groups in total. The highest BCUT2D eigenvalue weighted by Gasteiger charge is 2.22. The smallest absolute Gasteiger partial charge is 0.314 e. The van der Waals surface area contributed by atoms with Crippen LogP contribution in [-0.4, -0.2) is 11.0 Å². The first-order chi connectivity index (χ1) is 8.15. The lowest BCUT2D eigenvalue weighted by Gasteiger charge is -2.04. The van der Waals surface area contributed by atoms with Gasteiger partial charge >= 0.3 is 6.03 Å². The van der Waals surface area contributed by atoms with Crippen LogP contribution in [0, 0.1) is 12.8 Å². The van der Waals surface area contributed by atoms with E-state index >= 15 is 0 Å². The van der Waals surface area contributed by atoms with Gasteiger partial charge in [-0.1, -0.05) is 11.6 Å². The number of anilines is 1. The molecule has 1 heterocycles. The van der Waals surface area contributed by atoms with E-state index in [1.54, 1.807) is 18.5 Å². The molecule has 0 spiro atoms. The second-order valence-electron chi connectivity index (χ2n) is 4.48. The molecule has 0 aliphatic heterocycles. The van der Waals surface area contributed by atoms with Gasteiger partial charge in [-0.25, -0.2) is 9.78 Å². The molecule has 1 fully saturated rings. The molecule has 4 heteroatoms. The number of carbonyl (C=O) groups is 1. The summed E-state index contributed by atoms with van der Waals surface area (Å²) in [6.45, 7) is 4.00. The Labute approximate surface area is 101 Å². The highest BCUT2D eigenvalue weighted by atomic mass is 16.2. The normalized spacial score (nSPS) is 15.5. The minimum Gasteiger partial charge on any atom is -0.314 e. The van der Waals surface area contributed by atoms with Crippen LogP contribution in [0.5, 0.6) is 0 Å². The molecule has 0 unspecified atom stereocenters. The second-order valence-corrected chi connectivity index (χ2v) is 4.48. The molecule has 1 aromatic heterocycles. The topological polar surface area (TPSA) is 54.0 Å². The zero-order chi connectivity index (χ0) is 12.3. The molecule has 0 bridgehead atoms. The van der Waals surface area contributed by atoms with Crippen LogP contribution >= 0.6 is 0 Å². The van der Waals surface area contributed by atoms with E-state index in [-0.39, 0.29) is 6.03 Å². The number of rotatable bonds is 3. The van der Waals surface area contributed by atoms with Crippen LogP contribution in [0.2, 0.25) is 0 Å². The average Bonchev–Trinajstić information content (AvgIpc) is 3.13. The number of allylic oxidation sites excluding steroid dienone is 1. The van der Waals surface area contributed by atoms with E-state index in [4.69, 9.17) is 0 Å². The molecule has 1 aliphatic carbocycles. The van der Waals surface area contributed by atoms with Gasteiger partial charge in [-0.2, -0.15) is 0 Å². The maximum atomic E-state index is 11.5. The Kier molecular flexibility index (Phi) is 3.42. The predicted octanol–water partition coefficient (Wildman–Crippen LogP) is 2.83. The molecule has 1 aromatic rings. The van der Waals surface area contributed by atoms with E-state index in [1.165, 1.54) is 18.4 Å². The summed E-state index contributed by atoms with van der Waals surface area (Å²) in [4.78, 5) is 15.6. The molecule has 2 amide bonds. The van der Waals surface area contributed by atoms with Gasteiger partial charge in [-0.05, 0) is 44.2 Å². The summed E-state index contributed by atoms with van der Waals surface area (Å²) in [6, 6.07) is 3.45. The standard InChI is InChI=1S/C13H17N3O/c1-9-3-6-12(14-7-9)16-13(17)15-8-10(2)11-4-5-11/h3,6-8,11H,4-5H2,1-2H3,(H2,14,15,16,17)/b10-8+. The first kappa shape index (κ1) is 11.6. The summed E-state index contributed by atoms with van der Waals surface area (Å²) in [5.41, 5.74) is 2.30. The molecule has 0 atom stereocenters. The number of pyridine rings is 1. The third-order valence-corrected chi connectivity index (χ3v) is 2.81. The number of aryl methyl sites for hydroxylation is 1. The molecule has 0 saturated heterocycles. The zero-order valence-electron chi connectivity index (χ0n) is 10.2. The van der Waals surface area contributed by atoms with Crippen molar-refractivity contribution in [3.05, 3.63) is 35.7 Å². The van der Waals surface area contributed by atoms with Crippen LogP contribution in [0.25, 0.3) is 0 Å². The Morgan fingerprint density at radius 1 is 1.47 bits per heavy atom. The van der Waals surface area contributed by atoms with Gasteiger partial charge < -0.3 is 5.32 Å². The fourth-order valence-corrected chi connectivity index (χ4v) is 1.53. The lowest BCUT2D eigenvalue weighted by atomic mass is 10.2. The summed E-state index contributed by atoms with van der Waals surface area (Å²) in [5.74, 6) is 1.23. The van der Waals surface area contributed by atoms with E-state index in [0.717, 1.165) is 5.56 Å². The van der Waals surface area contributed by atoms with Gasteiger partial charge in [-0.3, -0.25) is 5.32 Å². The molecule has 2 rings (SSSR count). The molecule has 4 nitrogen and oxygen atoms in total. The van der Waals surface area contributed by atoms with Crippen molar-refractivity contribution in [2.75, 3.05) is 5.32 Å². The molecule has 90 valence electrons. The van der Waals surface area contributed by atoms with Crippen LogP contribution in [0.3, 0.4) is 0 Å². The second kappa shape index (κ2) is 4.99. The summed E-state index contributed by atoms with van der Waals surface area (Å²) in [5, 5.41) is 5.39. The zero-order valence-corrected chi connectivity index (χ0v) is 10.2. The van der Waals surface area contributed by atoms with Gasteiger partial charge in [0.05, 0.1) is 0 Å². The van der Waals surface area contributed by atoms with Crippen molar-refractivity contribution in [3.8, 4) is 0 Å². The Morgan fingerprint density at radius 3 is 2.82 bits per heavy atom. The number of carbonyl (C=O) groups excluding carboxylic acids is 1. The Balaban J connectivity index is 1.84. The lowest BCUT2D eigenvalue weighted by molar-refractivity contribution is 0.255. The third kappa shape index (κ3) is 3.59. The van der Waals surface area contributed by atoms with Crippen molar-refractivity contribution >= 4 is 11.8 Å². The molecule has 0 aromatic carbocycles. The van der Waals surface area contributed by atoms with Crippen molar-refractivity contribution in [1.29, 1.82) is 0 Å². The molecular weight excluding hydrogens is 214 g/mol. The van der Waals surface area contributed by atoms with E-state index in [0.29, 0.717) is 11.7 Å². The first-order valence-electron chi connectivity index (χ1n) is 5.82. The van der Waals surface area contributed by atoms with Crippen molar-refractivity contribution in [2.24, 2.45) is 5.92 Å². The van der Waals surface area contributed by atoms with Crippen molar-refractivity contribution in [2.45, 2.75) is 26.7 Å². The molecule has 0 radical (unpaired) electrons. The summed E-state index contributed by atoms with van der Waals surface area (Å²) < 4.78 is 0. The number of aromatic nitrogens is 1. The van der Waals surface area contributed by atoms with Gasteiger partial charge in [-0.15, -0.1) is 0 Å². The van der Waals surface area contributed by atoms with Crippen molar-refractivity contribution in [3.63, 3.8) is 0 Å². The van der Waals surface area contributed by atoms with Crippen LogP contribution in [-0.2, 0) is 0 Å². The maximum Gasteiger partial charge on any atom is 0.324 e. The SMILES string of the molecule is C/C(=C\NC(=O)Nc1ccc(C)cn1)C1CC1. The maximum absolute atomic E-state index is 11.5. The van der Waals surface area contributed by atoms with Crippen LogP contribution < -0.4 is 10.6 Å². The van der Waals surface area contributed by atoms with Crippen LogP contribution in [0.4, 0.5) is 10.6 Å². The summed E-state index contributed by atoms with van der Waals surface area (Å²) >= 11 is 0. The van der Waals surface area contributed by atoms with E-state index in [9.17, 15) is 4.79 Å². The fourth-order valence-electron chi connectivity index (χ4n) is 1.53. The van der Waals surface area contributed by atoms with Gasteiger partial charge in [0.2, 0.25) is 0 Å². The number of nitrogens with one attached hydrogen (secondary N) is 2. The summed E-state index contributed by atoms with van der Waals surface area (Å²) in [7, 11) is 0. The fraction of sp³-hybridized carbons (Fsp3) is 0.385. The predicted molar refractivity (Wildman–Crippen MR) is 67.6 cm³/mol. The van der Waals surface area contributed by atoms with Gasteiger partial charge in [0.1, 0.15) is 5.82 Å². The quantitative estimate of drug-likeness (QED) is 0.840. The minimum absolute atomic E-state index is 0.249. The Bertz CT molecular complexity index is 432. The van der Waals surface area contributed by atoms with E-state index in [1.807, 2.05) is 19.9 Å². The Hall–Kier alpha value is -1.84. The van der Waals surface area contributed by atoms with Gasteiger partial charge in [0.15, 0.2) is 0 Å². The number of amides is 2. The molecule has 17 heavy (non-hydrogen) atoms. The largest absolute Gasteiger partial charge is 0.324 e. The van der Waals surface area contributed by atoms with E-state index in [2.05, 4.69) is 15.6 Å². The average molecular weight is 231 g/mol. The number of hydrogen-bond donors (Lipinski definition) is 2. The lowest BCUT2D eigenvalue weighted by Crippen LogP contribution is -2.24. The third-order valence-electron chi connectivity index (χ3n) is 2.81. The number of hydrogen-bond acceptors (Lipinski definition) is 2. The van der Waals surface area contributed by atoms with Crippen LogP contribution in [0.15, 0.2) is 30.1 Å². The molecular formula is C13H17N3O. The minimum atomic E-state index is -0.249. The highest BCUT2D eigenvalue weighted by molar-refractivity contribution is 5.88. The number of nitrogens with zero attached hydrogens (tertiary/aromatic N) is 1. The molecule has 1 aliphatic rings. The van der Waals surface area contributed by atoms with Crippen molar-refractivity contribution in [1.82, 2.24) is 10.3 Å². The number of urea groups is 1. The van der Waals surface area contributed by atoms with Gasteiger partial charge in [0, 0.05) is 12.4 Å². The van der Waals surface area contributed by atoms with Gasteiger partial charge in [0.25, 0.3) is 0 Å². The first-order valence-corrected chi connectivity index (χ1v) is 5.82. The molecule has 1 saturated carbocycles. The van der Waals surface area contributed by atoms with Crippen LogP contribution in [0.1, 0.15) is 25.3 Å².